The number of aryl methyl sites for hydroxylation is 1. The van der Waals surface area contributed by atoms with Crippen LogP contribution >= 0.6 is 0 Å². The van der Waals surface area contributed by atoms with E-state index in [1.807, 2.05) is 6.07 Å². The second-order valence-corrected chi connectivity index (χ2v) is 6.71. The summed E-state index contributed by atoms with van der Waals surface area (Å²) in [6.45, 7) is 5.81. The number of ether oxygens (including phenoxy) is 1. The molecule has 1 heterocycles. The molecule has 0 amide bonds. The summed E-state index contributed by atoms with van der Waals surface area (Å²) in [6.07, 6.45) is 0. The lowest BCUT2D eigenvalue weighted by molar-refractivity contribution is 0.0390. The van der Waals surface area contributed by atoms with Gasteiger partial charge in [0.1, 0.15) is 0 Å². The quantitative estimate of drug-likeness (QED) is 0.855. The third-order valence-electron chi connectivity index (χ3n) is 3.45. The molecular weight excluding hydrogens is 290 g/mol. The first kappa shape index (κ1) is 15.9. The van der Waals surface area contributed by atoms with E-state index in [0.29, 0.717) is 37.4 Å². The Kier molecular flexibility index (Phi) is 5.31. The Morgan fingerprint density at radius 1 is 1.38 bits per heavy atom. The molecule has 0 atom stereocenters. The summed E-state index contributed by atoms with van der Waals surface area (Å²) in [5, 5.41) is 8.87. The predicted molar refractivity (Wildman–Crippen MR) is 78.3 cm³/mol. The molecule has 7 heteroatoms. The van der Waals surface area contributed by atoms with Crippen molar-refractivity contribution in [2.75, 3.05) is 39.4 Å². The first-order valence-corrected chi connectivity index (χ1v) is 8.32. The number of hydrogen-bond donors (Lipinski definition) is 1. The topological polar surface area (TPSA) is 82.4 Å². The van der Waals surface area contributed by atoms with Crippen LogP contribution in [0.15, 0.2) is 23.1 Å². The van der Waals surface area contributed by atoms with Gasteiger partial charge in [0.15, 0.2) is 0 Å². The van der Waals surface area contributed by atoms with E-state index in [2.05, 4.69) is 9.62 Å². The molecule has 21 heavy (non-hydrogen) atoms. The summed E-state index contributed by atoms with van der Waals surface area (Å²) >= 11 is 0. The zero-order valence-corrected chi connectivity index (χ0v) is 12.8. The molecule has 2 rings (SSSR count). The van der Waals surface area contributed by atoms with Gasteiger partial charge in [0, 0.05) is 26.2 Å². The van der Waals surface area contributed by atoms with Crippen LogP contribution in [0.2, 0.25) is 0 Å². The van der Waals surface area contributed by atoms with Crippen LogP contribution in [0.3, 0.4) is 0 Å². The average molecular weight is 309 g/mol. The summed E-state index contributed by atoms with van der Waals surface area (Å²) in [5.41, 5.74) is 1.15. The molecule has 0 aromatic heterocycles. The fourth-order valence-corrected chi connectivity index (χ4v) is 3.28. The molecule has 0 bridgehead atoms. The summed E-state index contributed by atoms with van der Waals surface area (Å²) in [4.78, 5) is 2.36. The highest BCUT2D eigenvalue weighted by molar-refractivity contribution is 7.89. The molecule has 0 saturated carbocycles. The zero-order chi connectivity index (χ0) is 15.3. The molecule has 6 nitrogen and oxygen atoms in total. The van der Waals surface area contributed by atoms with E-state index in [4.69, 9.17) is 10.00 Å². The highest BCUT2D eigenvalue weighted by Crippen LogP contribution is 2.14. The monoisotopic (exact) mass is 309 g/mol. The molecule has 1 aromatic rings. The van der Waals surface area contributed by atoms with E-state index in [9.17, 15) is 8.42 Å². The average Bonchev–Trinajstić information content (AvgIpc) is 2.48. The van der Waals surface area contributed by atoms with Crippen LogP contribution in [-0.4, -0.2) is 52.7 Å². The van der Waals surface area contributed by atoms with Gasteiger partial charge in [-0.2, -0.15) is 5.26 Å². The van der Waals surface area contributed by atoms with Gasteiger partial charge in [-0.1, -0.05) is 0 Å². The lowest BCUT2D eigenvalue weighted by Gasteiger charge is -2.26. The third-order valence-corrected chi connectivity index (χ3v) is 4.91. The Hall–Kier alpha value is -1.46. The van der Waals surface area contributed by atoms with Crippen molar-refractivity contribution in [3.05, 3.63) is 29.3 Å². The van der Waals surface area contributed by atoms with E-state index < -0.39 is 10.0 Å². The number of rotatable bonds is 5. The first-order chi connectivity index (χ1) is 10.0. The van der Waals surface area contributed by atoms with E-state index in [1.54, 1.807) is 6.92 Å². The van der Waals surface area contributed by atoms with Crippen molar-refractivity contribution in [1.29, 1.82) is 5.26 Å². The van der Waals surface area contributed by atoms with Crippen molar-refractivity contribution in [2.45, 2.75) is 11.8 Å². The summed E-state index contributed by atoms with van der Waals surface area (Å²) in [6, 6.07) is 6.54. The smallest absolute Gasteiger partial charge is 0.240 e. The van der Waals surface area contributed by atoms with Crippen molar-refractivity contribution in [3.63, 3.8) is 0 Å². The molecule has 0 radical (unpaired) electrons. The lowest BCUT2D eigenvalue weighted by Crippen LogP contribution is -2.41. The predicted octanol–water partition coefficient (Wildman–Crippen LogP) is 0.477. The Balaban J connectivity index is 1.95. The van der Waals surface area contributed by atoms with Crippen LogP contribution in [-0.2, 0) is 14.8 Å². The number of hydrogen-bond acceptors (Lipinski definition) is 5. The van der Waals surface area contributed by atoms with Crippen LogP contribution < -0.4 is 4.72 Å². The van der Waals surface area contributed by atoms with Gasteiger partial charge in [-0.05, 0) is 30.7 Å². The van der Waals surface area contributed by atoms with Crippen LogP contribution in [0.1, 0.15) is 11.1 Å². The standard InChI is InChI=1S/C14H19N3O3S/c1-12-10-14(3-2-13(12)11-15)21(18,19)16-4-5-17-6-8-20-9-7-17/h2-3,10,16H,4-9H2,1H3. The van der Waals surface area contributed by atoms with Gasteiger partial charge < -0.3 is 4.74 Å². The lowest BCUT2D eigenvalue weighted by atomic mass is 10.1. The van der Waals surface area contributed by atoms with Gasteiger partial charge in [0.25, 0.3) is 0 Å². The molecule has 1 fully saturated rings. The van der Waals surface area contributed by atoms with E-state index in [0.717, 1.165) is 13.1 Å². The summed E-state index contributed by atoms with van der Waals surface area (Å²) in [5.74, 6) is 0. The van der Waals surface area contributed by atoms with Gasteiger partial charge >= 0.3 is 0 Å². The van der Waals surface area contributed by atoms with Gasteiger partial charge in [0.05, 0.1) is 29.7 Å². The van der Waals surface area contributed by atoms with Crippen molar-refractivity contribution in [2.24, 2.45) is 0 Å². The minimum absolute atomic E-state index is 0.195. The second-order valence-electron chi connectivity index (χ2n) is 4.94. The highest BCUT2D eigenvalue weighted by Gasteiger charge is 2.16. The number of nitrogens with zero attached hydrogens (tertiary/aromatic N) is 2. The number of morpholine rings is 1. The molecule has 1 aliphatic heterocycles. The third kappa shape index (κ3) is 4.25. The highest BCUT2D eigenvalue weighted by atomic mass is 32.2. The largest absolute Gasteiger partial charge is 0.379 e. The minimum Gasteiger partial charge on any atom is -0.379 e. The minimum atomic E-state index is -3.53. The molecule has 114 valence electrons. The van der Waals surface area contributed by atoms with Crippen LogP contribution in [0.5, 0.6) is 0 Å². The molecule has 1 saturated heterocycles. The second kappa shape index (κ2) is 7.00. The molecule has 1 aliphatic rings. The Bertz CT molecular complexity index is 631. The van der Waals surface area contributed by atoms with Crippen molar-refractivity contribution >= 4 is 10.0 Å². The molecule has 1 N–H and O–H groups in total. The van der Waals surface area contributed by atoms with Crippen molar-refractivity contribution in [1.82, 2.24) is 9.62 Å². The van der Waals surface area contributed by atoms with Gasteiger partial charge in [-0.25, -0.2) is 13.1 Å². The normalized spacial score (nSPS) is 16.6. The molecule has 1 aromatic carbocycles. The summed E-state index contributed by atoms with van der Waals surface area (Å²) in [7, 11) is -3.53. The Labute approximate surface area is 125 Å². The fraction of sp³-hybridized carbons (Fsp3) is 0.500. The van der Waals surface area contributed by atoms with E-state index in [-0.39, 0.29) is 4.90 Å². The summed E-state index contributed by atoms with van der Waals surface area (Å²) < 4.78 is 32.2. The van der Waals surface area contributed by atoms with Crippen molar-refractivity contribution < 1.29 is 13.2 Å². The van der Waals surface area contributed by atoms with Crippen molar-refractivity contribution in [3.8, 4) is 6.07 Å². The van der Waals surface area contributed by atoms with E-state index in [1.165, 1.54) is 18.2 Å². The van der Waals surface area contributed by atoms with Crippen LogP contribution in [0.4, 0.5) is 0 Å². The maximum atomic E-state index is 12.2. The van der Waals surface area contributed by atoms with E-state index >= 15 is 0 Å². The molecular formula is C14H19N3O3S. The number of sulfonamides is 1. The Morgan fingerprint density at radius 3 is 2.71 bits per heavy atom. The van der Waals surface area contributed by atoms with Crippen LogP contribution in [0.25, 0.3) is 0 Å². The zero-order valence-electron chi connectivity index (χ0n) is 12.0. The maximum Gasteiger partial charge on any atom is 0.240 e. The molecule has 0 spiro atoms. The fourth-order valence-electron chi connectivity index (χ4n) is 2.17. The van der Waals surface area contributed by atoms with Gasteiger partial charge in [-0.15, -0.1) is 0 Å². The Morgan fingerprint density at radius 2 is 2.10 bits per heavy atom. The van der Waals surface area contributed by atoms with Gasteiger partial charge in [0.2, 0.25) is 10.0 Å². The number of benzene rings is 1. The number of nitrogens with one attached hydrogen (secondary N) is 1. The molecule has 0 unspecified atom stereocenters. The van der Waals surface area contributed by atoms with Crippen LogP contribution in [0, 0.1) is 18.3 Å². The van der Waals surface area contributed by atoms with Gasteiger partial charge in [-0.3, -0.25) is 4.90 Å². The first-order valence-electron chi connectivity index (χ1n) is 6.83. The maximum absolute atomic E-state index is 12.2. The molecule has 0 aliphatic carbocycles. The SMILES string of the molecule is Cc1cc(S(=O)(=O)NCCN2CCOCC2)ccc1C#N. The number of nitriles is 1.